The SMILES string of the molecule is CO[C@H](CSCc1noc(-c2scnc2C)n1)c1ccccc1. The van der Waals surface area contributed by atoms with E-state index in [2.05, 4.69) is 27.3 Å². The first kappa shape index (κ1) is 16.2. The molecule has 1 atom stereocenters. The Morgan fingerprint density at radius 3 is 2.83 bits per heavy atom. The highest BCUT2D eigenvalue weighted by Crippen LogP contribution is 2.27. The average molecular weight is 347 g/mol. The summed E-state index contributed by atoms with van der Waals surface area (Å²) in [6, 6.07) is 10.2. The van der Waals surface area contributed by atoms with Crippen LogP contribution < -0.4 is 0 Å². The second-order valence-electron chi connectivity index (χ2n) is 4.93. The molecule has 1 aromatic carbocycles. The molecule has 0 spiro atoms. The van der Waals surface area contributed by atoms with Gasteiger partial charge in [0, 0.05) is 12.9 Å². The van der Waals surface area contributed by atoms with Crippen LogP contribution in [0.15, 0.2) is 40.4 Å². The van der Waals surface area contributed by atoms with E-state index in [1.54, 1.807) is 24.4 Å². The van der Waals surface area contributed by atoms with Gasteiger partial charge in [0.1, 0.15) is 4.88 Å². The average Bonchev–Trinajstić information content (AvgIpc) is 3.21. The predicted octanol–water partition coefficient (Wildman–Crippen LogP) is 4.12. The Morgan fingerprint density at radius 1 is 1.30 bits per heavy atom. The maximum atomic E-state index is 5.56. The van der Waals surface area contributed by atoms with Crippen molar-refractivity contribution in [2.24, 2.45) is 0 Å². The van der Waals surface area contributed by atoms with Gasteiger partial charge < -0.3 is 9.26 Å². The Balaban J connectivity index is 1.57. The molecule has 120 valence electrons. The van der Waals surface area contributed by atoms with Gasteiger partial charge >= 0.3 is 0 Å². The Bertz CT molecular complexity index is 743. The lowest BCUT2D eigenvalue weighted by Crippen LogP contribution is -2.04. The lowest BCUT2D eigenvalue weighted by atomic mass is 10.1. The zero-order chi connectivity index (χ0) is 16.1. The molecule has 0 unspecified atom stereocenters. The van der Waals surface area contributed by atoms with E-state index in [9.17, 15) is 0 Å². The first-order valence-electron chi connectivity index (χ1n) is 7.16. The Hall–Kier alpha value is -1.70. The van der Waals surface area contributed by atoms with E-state index in [1.807, 2.05) is 25.1 Å². The van der Waals surface area contributed by atoms with Crippen LogP contribution in [-0.2, 0) is 10.5 Å². The van der Waals surface area contributed by atoms with Crippen molar-refractivity contribution in [1.82, 2.24) is 15.1 Å². The van der Waals surface area contributed by atoms with Crippen LogP contribution in [0.5, 0.6) is 0 Å². The molecule has 0 aliphatic heterocycles. The number of aromatic nitrogens is 3. The molecular formula is C16H17N3O2S2. The summed E-state index contributed by atoms with van der Waals surface area (Å²) in [6.07, 6.45) is 0.0660. The van der Waals surface area contributed by atoms with Crippen molar-refractivity contribution in [3.05, 3.63) is 52.9 Å². The highest BCUT2D eigenvalue weighted by molar-refractivity contribution is 7.98. The summed E-state index contributed by atoms with van der Waals surface area (Å²) in [4.78, 5) is 9.58. The maximum absolute atomic E-state index is 5.56. The van der Waals surface area contributed by atoms with E-state index in [-0.39, 0.29) is 6.10 Å². The molecule has 23 heavy (non-hydrogen) atoms. The van der Waals surface area contributed by atoms with E-state index in [4.69, 9.17) is 9.26 Å². The monoisotopic (exact) mass is 347 g/mol. The van der Waals surface area contributed by atoms with Crippen LogP contribution in [-0.4, -0.2) is 28.0 Å². The molecule has 5 nitrogen and oxygen atoms in total. The summed E-state index contributed by atoms with van der Waals surface area (Å²) in [5.41, 5.74) is 3.88. The molecule has 0 fully saturated rings. The van der Waals surface area contributed by atoms with Crippen molar-refractivity contribution < 1.29 is 9.26 Å². The topological polar surface area (TPSA) is 61.0 Å². The van der Waals surface area contributed by atoms with Crippen molar-refractivity contribution in [1.29, 1.82) is 0 Å². The molecular weight excluding hydrogens is 330 g/mol. The lowest BCUT2D eigenvalue weighted by molar-refractivity contribution is 0.123. The highest BCUT2D eigenvalue weighted by Gasteiger charge is 2.15. The smallest absolute Gasteiger partial charge is 0.269 e. The third kappa shape index (κ3) is 3.99. The van der Waals surface area contributed by atoms with Crippen LogP contribution in [0.1, 0.15) is 23.2 Å². The largest absolute Gasteiger partial charge is 0.376 e. The molecule has 0 radical (unpaired) electrons. The quantitative estimate of drug-likeness (QED) is 0.640. The summed E-state index contributed by atoms with van der Waals surface area (Å²) in [7, 11) is 1.73. The molecule has 7 heteroatoms. The molecule has 0 saturated carbocycles. The van der Waals surface area contributed by atoms with Crippen molar-refractivity contribution in [3.8, 4) is 10.8 Å². The molecule has 0 amide bonds. The zero-order valence-corrected chi connectivity index (χ0v) is 14.6. The van der Waals surface area contributed by atoms with Gasteiger partial charge in [0.05, 0.1) is 23.1 Å². The standard InChI is InChI=1S/C16H17N3O2S2/c1-11-15(23-10-17-11)16-18-14(19-21-16)9-22-8-13(20-2)12-6-4-3-5-7-12/h3-7,10,13H,8-9H2,1-2H3/t13-/m1/s1. The number of thiazole rings is 1. The predicted molar refractivity (Wildman–Crippen MR) is 92.5 cm³/mol. The second-order valence-corrected chi connectivity index (χ2v) is 6.82. The minimum absolute atomic E-state index is 0.0660. The first-order valence-corrected chi connectivity index (χ1v) is 9.20. The lowest BCUT2D eigenvalue weighted by Gasteiger charge is -2.14. The minimum Gasteiger partial charge on any atom is -0.376 e. The molecule has 2 aromatic heterocycles. The number of ether oxygens (including phenoxy) is 1. The third-order valence-electron chi connectivity index (χ3n) is 3.36. The minimum atomic E-state index is 0.0660. The van der Waals surface area contributed by atoms with Gasteiger partial charge in [0.2, 0.25) is 0 Å². The van der Waals surface area contributed by atoms with E-state index >= 15 is 0 Å². The highest BCUT2D eigenvalue weighted by atomic mass is 32.2. The number of benzene rings is 1. The zero-order valence-electron chi connectivity index (χ0n) is 12.9. The normalized spacial score (nSPS) is 12.4. The fourth-order valence-electron chi connectivity index (χ4n) is 2.14. The molecule has 0 bridgehead atoms. The molecule has 2 heterocycles. The Morgan fingerprint density at radius 2 is 2.13 bits per heavy atom. The number of hydrogen-bond donors (Lipinski definition) is 0. The van der Waals surface area contributed by atoms with Gasteiger partial charge in [-0.05, 0) is 12.5 Å². The number of nitrogens with zero attached hydrogens (tertiary/aromatic N) is 3. The fourth-order valence-corrected chi connectivity index (χ4v) is 3.82. The molecule has 3 rings (SSSR count). The van der Waals surface area contributed by atoms with Gasteiger partial charge in [-0.2, -0.15) is 16.7 Å². The van der Waals surface area contributed by atoms with Crippen molar-refractivity contribution in [3.63, 3.8) is 0 Å². The molecule has 3 aromatic rings. The van der Waals surface area contributed by atoms with E-state index in [0.717, 1.165) is 16.3 Å². The molecule has 0 aliphatic carbocycles. The van der Waals surface area contributed by atoms with Crippen LogP contribution >= 0.6 is 23.1 Å². The van der Waals surface area contributed by atoms with Crippen molar-refractivity contribution in [2.45, 2.75) is 18.8 Å². The van der Waals surface area contributed by atoms with Gasteiger partial charge in [-0.1, -0.05) is 35.5 Å². The van der Waals surface area contributed by atoms with Crippen LogP contribution in [0.2, 0.25) is 0 Å². The summed E-state index contributed by atoms with van der Waals surface area (Å²) in [6.45, 7) is 1.94. The third-order valence-corrected chi connectivity index (χ3v) is 5.28. The van der Waals surface area contributed by atoms with Crippen LogP contribution in [0, 0.1) is 6.92 Å². The number of aryl methyl sites for hydroxylation is 1. The van der Waals surface area contributed by atoms with Gasteiger partial charge in [-0.25, -0.2) is 4.98 Å². The molecule has 0 N–H and O–H groups in total. The Labute approximate surface area is 143 Å². The molecule has 0 saturated heterocycles. The van der Waals surface area contributed by atoms with Gasteiger partial charge in [-0.3, -0.25) is 0 Å². The van der Waals surface area contributed by atoms with Crippen LogP contribution in [0.3, 0.4) is 0 Å². The van der Waals surface area contributed by atoms with Crippen LogP contribution in [0.25, 0.3) is 10.8 Å². The summed E-state index contributed by atoms with van der Waals surface area (Å²) in [5.74, 6) is 2.77. The summed E-state index contributed by atoms with van der Waals surface area (Å²) >= 11 is 3.24. The van der Waals surface area contributed by atoms with E-state index in [0.29, 0.717) is 17.5 Å². The van der Waals surface area contributed by atoms with Crippen molar-refractivity contribution in [2.75, 3.05) is 12.9 Å². The summed E-state index contributed by atoms with van der Waals surface area (Å²) < 4.78 is 10.9. The van der Waals surface area contributed by atoms with Crippen LogP contribution in [0.4, 0.5) is 0 Å². The maximum Gasteiger partial charge on any atom is 0.269 e. The van der Waals surface area contributed by atoms with E-state index < -0.39 is 0 Å². The van der Waals surface area contributed by atoms with Crippen molar-refractivity contribution >= 4 is 23.1 Å². The number of hydrogen-bond acceptors (Lipinski definition) is 7. The van der Waals surface area contributed by atoms with E-state index in [1.165, 1.54) is 16.9 Å². The fraction of sp³-hybridized carbons (Fsp3) is 0.312. The number of thioether (sulfide) groups is 1. The van der Waals surface area contributed by atoms with Gasteiger partial charge in [-0.15, -0.1) is 11.3 Å². The van der Waals surface area contributed by atoms with Gasteiger partial charge in [0.15, 0.2) is 5.82 Å². The summed E-state index contributed by atoms with van der Waals surface area (Å²) in [5, 5.41) is 4.04. The number of rotatable bonds is 7. The first-order chi connectivity index (χ1) is 11.3. The Kier molecular flexibility index (Phi) is 5.43. The number of methoxy groups -OCH3 is 1. The second kappa shape index (κ2) is 7.72. The molecule has 0 aliphatic rings. The van der Waals surface area contributed by atoms with Gasteiger partial charge in [0.25, 0.3) is 5.89 Å².